The molecule has 5 rings (SSSR count). The van der Waals surface area contributed by atoms with Gasteiger partial charge in [-0.25, -0.2) is 9.98 Å². The maximum absolute atomic E-state index is 6.03. The number of imidazole rings is 1. The fourth-order valence-corrected chi connectivity index (χ4v) is 3.40. The third kappa shape index (κ3) is 1.81. The summed E-state index contributed by atoms with van der Waals surface area (Å²) in [5.74, 6) is 1.11. The van der Waals surface area contributed by atoms with E-state index in [1.165, 1.54) is 10.8 Å². The number of rotatable bonds is 1. The third-order valence-corrected chi connectivity index (χ3v) is 4.44. The van der Waals surface area contributed by atoms with Gasteiger partial charge in [0.05, 0.1) is 11.0 Å². The number of nitrogens with zero attached hydrogens (tertiary/aromatic N) is 3. The molecule has 3 N–H and O–H groups in total. The van der Waals surface area contributed by atoms with Crippen molar-refractivity contribution in [3.63, 3.8) is 0 Å². The van der Waals surface area contributed by atoms with Crippen molar-refractivity contribution in [3.05, 3.63) is 72.3 Å². The van der Waals surface area contributed by atoms with Gasteiger partial charge in [0.1, 0.15) is 0 Å². The molecule has 116 valence electrons. The Morgan fingerprint density at radius 1 is 0.917 bits per heavy atom. The van der Waals surface area contributed by atoms with E-state index in [9.17, 15) is 0 Å². The summed E-state index contributed by atoms with van der Waals surface area (Å²) >= 11 is 0. The molecule has 0 unspecified atom stereocenters. The van der Waals surface area contributed by atoms with Gasteiger partial charge in [-0.05, 0) is 22.9 Å². The molecule has 0 saturated carbocycles. The van der Waals surface area contributed by atoms with Gasteiger partial charge in [-0.15, -0.1) is 0 Å². The van der Waals surface area contributed by atoms with Crippen molar-refractivity contribution < 1.29 is 0 Å². The first kappa shape index (κ1) is 13.1. The summed E-state index contributed by atoms with van der Waals surface area (Å²) in [6, 6.07) is 22.7. The van der Waals surface area contributed by atoms with Gasteiger partial charge in [0.25, 0.3) is 0 Å². The van der Waals surface area contributed by atoms with Gasteiger partial charge in [-0.1, -0.05) is 54.6 Å². The first-order chi connectivity index (χ1) is 11.8. The van der Waals surface area contributed by atoms with Crippen LogP contribution in [0.25, 0.3) is 21.8 Å². The highest BCUT2D eigenvalue weighted by Gasteiger charge is 2.25. The number of para-hydroxylation sites is 2. The van der Waals surface area contributed by atoms with E-state index in [0.717, 1.165) is 22.5 Å². The lowest BCUT2D eigenvalue weighted by Crippen LogP contribution is -2.31. The van der Waals surface area contributed by atoms with E-state index in [0.29, 0.717) is 5.96 Å². The van der Waals surface area contributed by atoms with E-state index in [1.54, 1.807) is 0 Å². The van der Waals surface area contributed by atoms with Crippen LogP contribution in [0.2, 0.25) is 0 Å². The molecule has 1 aromatic heterocycles. The quantitative estimate of drug-likeness (QED) is 0.565. The molecule has 3 aromatic carbocycles. The second-order valence-electron chi connectivity index (χ2n) is 5.88. The van der Waals surface area contributed by atoms with Crippen molar-refractivity contribution in [2.24, 2.45) is 10.7 Å². The summed E-state index contributed by atoms with van der Waals surface area (Å²) in [4.78, 5) is 9.32. The molecule has 0 saturated heterocycles. The summed E-state index contributed by atoms with van der Waals surface area (Å²) in [6.45, 7) is 0. The summed E-state index contributed by atoms with van der Waals surface area (Å²) in [5.41, 5.74) is 9.10. The lowest BCUT2D eigenvalue weighted by molar-refractivity contribution is 0.630. The molecule has 2 heterocycles. The van der Waals surface area contributed by atoms with Crippen LogP contribution in [0.5, 0.6) is 0 Å². The predicted molar refractivity (Wildman–Crippen MR) is 97.1 cm³/mol. The zero-order valence-corrected chi connectivity index (χ0v) is 12.8. The normalized spacial score (nSPS) is 16.7. The Balaban J connectivity index is 1.83. The number of nitrogens with two attached hydrogens (primary N) is 1. The van der Waals surface area contributed by atoms with Crippen molar-refractivity contribution in [2.45, 2.75) is 6.17 Å². The molecule has 0 radical (unpaired) electrons. The van der Waals surface area contributed by atoms with E-state index in [2.05, 4.69) is 56.3 Å². The van der Waals surface area contributed by atoms with Crippen molar-refractivity contribution in [2.75, 3.05) is 5.32 Å². The highest BCUT2D eigenvalue weighted by molar-refractivity contribution is 5.95. The van der Waals surface area contributed by atoms with E-state index < -0.39 is 0 Å². The van der Waals surface area contributed by atoms with Gasteiger partial charge in [-0.2, -0.15) is 0 Å². The average molecular weight is 313 g/mol. The largest absolute Gasteiger partial charge is 0.370 e. The molecule has 5 heteroatoms. The topological polar surface area (TPSA) is 68.2 Å². The van der Waals surface area contributed by atoms with Crippen LogP contribution in [0.3, 0.4) is 0 Å². The minimum atomic E-state index is -0.236. The SMILES string of the molecule is NC1=N[C@H](c2cccc3ccccc23)n2c(nc3ccccc32)N1. The molecule has 24 heavy (non-hydrogen) atoms. The summed E-state index contributed by atoms with van der Waals surface area (Å²) in [7, 11) is 0. The van der Waals surface area contributed by atoms with Crippen LogP contribution in [0.1, 0.15) is 11.7 Å². The third-order valence-electron chi connectivity index (χ3n) is 4.44. The molecule has 0 fully saturated rings. The zero-order valence-electron chi connectivity index (χ0n) is 12.8. The number of hydrogen-bond donors (Lipinski definition) is 2. The van der Waals surface area contributed by atoms with Crippen LogP contribution in [0.15, 0.2) is 71.7 Å². The Hall–Kier alpha value is -3.34. The monoisotopic (exact) mass is 313 g/mol. The van der Waals surface area contributed by atoms with Crippen molar-refractivity contribution >= 4 is 33.7 Å². The standard InChI is InChI=1S/C19H15N5/c20-18-22-17(14-9-5-7-12-6-1-2-8-13(12)14)24-16-11-4-3-10-15(16)21-19(24)23-18/h1-11,17H,(H3,20,21,22,23)/t17-/m0/s1. The molecule has 1 aliphatic rings. The highest BCUT2D eigenvalue weighted by atomic mass is 15.4. The van der Waals surface area contributed by atoms with E-state index in [4.69, 9.17) is 5.73 Å². The maximum atomic E-state index is 6.03. The number of fused-ring (bicyclic) bond motifs is 4. The molecule has 4 aromatic rings. The molecule has 1 aliphatic heterocycles. The Kier molecular flexibility index (Phi) is 2.64. The summed E-state index contributed by atoms with van der Waals surface area (Å²) < 4.78 is 2.10. The second kappa shape index (κ2) is 4.83. The van der Waals surface area contributed by atoms with Gasteiger partial charge >= 0.3 is 0 Å². The minimum Gasteiger partial charge on any atom is -0.370 e. The minimum absolute atomic E-state index is 0.236. The molecule has 5 nitrogen and oxygen atoms in total. The van der Waals surface area contributed by atoms with Crippen molar-refractivity contribution in [3.8, 4) is 0 Å². The lowest BCUT2D eigenvalue weighted by atomic mass is 10.0. The first-order valence-corrected chi connectivity index (χ1v) is 7.86. The molecule has 0 spiro atoms. The number of anilines is 1. The molecular weight excluding hydrogens is 298 g/mol. The number of hydrogen-bond acceptors (Lipinski definition) is 4. The van der Waals surface area contributed by atoms with Crippen LogP contribution >= 0.6 is 0 Å². The molecule has 0 bridgehead atoms. The number of nitrogens with one attached hydrogen (secondary N) is 1. The number of aromatic nitrogens is 2. The first-order valence-electron chi connectivity index (χ1n) is 7.86. The summed E-state index contributed by atoms with van der Waals surface area (Å²) in [5, 5.41) is 5.44. The van der Waals surface area contributed by atoms with Gasteiger partial charge in [0, 0.05) is 5.56 Å². The Morgan fingerprint density at radius 3 is 2.67 bits per heavy atom. The summed E-state index contributed by atoms with van der Waals surface area (Å²) in [6.07, 6.45) is -0.236. The van der Waals surface area contributed by atoms with E-state index >= 15 is 0 Å². The smallest absolute Gasteiger partial charge is 0.212 e. The number of aliphatic imine (C=N–C) groups is 1. The van der Waals surface area contributed by atoms with Crippen LogP contribution in [0.4, 0.5) is 5.95 Å². The molecule has 0 aliphatic carbocycles. The second-order valence-corrected chi connectivity index (χ2v) is 5.88. The Bertz CT molecular complexity index is 1100. The van der Waals surface area contributed by atoms with Gasteiger partial charge in [-0.3, -0.25) is 9.88 Å². The fourth-order valence-electron chi connectivity index (χ4n) is 3.40. The average Bonchev–Trinajstić information content (AvgIpc) is 2.98. The molecular formula is C19H15N5. The zero-order chi connectivity index (χ0) is 16.1. The van der Waals surface area contributed by atoms with Crippen LogP contribution in [-0.4, -0.2) is 15.5 Å². The molecule has 0 amide bonds. The van der Waals surface area contributed by atoms with Crippen molar-refractivity contribution in [1.29, 1.82) is 0 Å². The fraction of sp³-hybridized carbons (Fsp3) is 0.0526. The van der Waals surface area contributed by atoms with Crippen molar-refractivity contribution in [1.82, 2.24) is 9.55 Å². The number of benzene rings is 3. The highest BCUT2D eigenvalue weighted by Crippen LogP contribution is 2.35. The van der Waals surface area contributed by atoms with Gasteiger partial charge in [0.2, 0.25) is 5.95 Å². The van der Waals surface area contributed by atoms with Gasteiger partial charge < -0.3 is 5.73 Å². The Labute approximate surface area is 138 Å². The number of guanidine groups is 1. The molecule has 1 atom stereocenters. The van der Waals surface area contributed by atoms with Crippen LogP contribution in [0, 0.1) is 0 Å². The lowest BCUT2D eigenvalue weighted by Gasteiger charge is -2.24. The maximum Gasteiger partial charge on any atom is 0.212 e. The van der Waals surface area contributed by atoms with Gasteiger partial charge in [0.15, 0.2) is 12.1 Å². The van der Waals surface area contributed by atoms with Crippen LogP contribution in [-0.2, 0) is 0 Å². The Morgan fingerprint density at radius 2 is 1.71 bits per heavy atom. The van der Waals surface area contributed by atoms with Crippen LogP contribution < -0.4 is 11.1 Å². The van der Waals surface area contributed by atoms with E-state index in [1.807, 2.05) is 30.3 Å². The predicted octanol–water partition coefficient (Wildman–Crippen LogP) is 3.48. The van der Waals surface area contributed by atoms with E-state index in [-0.39, 0.29) is 6.17 Å².